The summed E-state index contributed by atoms with van der Waals surface area (Å²) in [4.78, 5) is 27.6. The first-order valence-electron chi connectivity index (χ1n) is 10.7. The lowest BCUT2D eigenvalue weighted by atomic mass is 9.96. The minimum Gasteiger partial charge on any atom is -0.434 e. The number of benzene rings is 2. The molecule has 1 saturated heterocycles. The summed E-state index contributed by atoms with van der Waals surface area (Å²) in [5.74, 6) is -1.19. The number of hydrogen-bond donors (Lipinski definition) is 1. The highest BCUT2D eigenvalue weighted by molar-refractivity contribution is 5.98. The summed E-state index contributed by atoms with van der Waals surface area (Å²) in [5, 5.41) is 7.19. The van der Waals surface area contributed by atoms with E-state index in [9.17, 15) is 18.4 Å². The number of aromatic nitrogens is 2. The molecule has 0 saturated carbocycles. The maximum absolute atomic E-state index is 13.0. The van der Waals surface area contributed by atoms with E-state index in [1.807, 2.05) is 36.5 Å². The SMILES string of the molecule is O=C(Nc1ccccc1Cn1cccn1)C1CCCN(C(=O)c2ccccc2OC(F)F)C1. The minimum atomic E-state index is -3.03. The maximum atomic E-state index is 13.0. The zero-order valence-electron chi connectivity index (χ0n) is 17.9. The van der Waals surface area contributed by atoms with Crippen molar-refractivity contribution in [3.05, 3.63) is 78.1 Å². The normalized spacial score (nSPS) is 16.0. The fraction of sp³-hybridized carbons (Fsp3) is 0.292. The molecule has 4 rings (SSSR count). The van der Waals surface area contributed by atoms with Crippen LogP contribution in [-0.2, 0) is 11.3 Å². The third-order valence-corrected chi connectivity index (χ3v) is 5.58. The summed E-state index contributed by atoms with van der Waals surface area (Å²) < 4.78 is 31.7. The largest absolute Gasteiger partial charge is 0.434 e. The number of carbonyl (C=O) groups is 2. The molecule has 1 aliphatic rings. The molecule has 33 heavy (non-hydrogen) atoms. The number of anilines is 1. The van der Waals surface area contributed by atoms with Crippen molar-refractivity contribution < 1.29 is 23.1 Å². The summed E-state index contributed by atoms with van der Waals surface area (Å²) in [6.07, 6.45) is 4.81. The zero-order valence-corrected chi connectivity index (χ0v) is 17.9. The van der Waals surface area contributed by atoms with E-state index in [4.69, 9.17) is 0 Å². The number of piperidine rings is 1. The Kier molecular flexibility index (Phi) is 6.97. The standard InChI is InChI=1S/C24H24F2N4O3/c25-24(26)33-21-11-4-2-9-19(21)23(32)29-13-5-8-18(15-29)22(31)28-20-10-3-1-7-17(20)16-30-14-6-12-27-30/h1-4,6-7,9-12,14,18,24H,5,8,13,15-16H2,(H,28,31). The molecule has 2 heterocycles. The van der Waals surface area contributed by atoms with E-state index < -0.39 is 18.4 Å². The molecular formula is C24H24F2N4O3. The number of hydrogen-bond acceptors (Lipinski definition) is 4. The van der Waals surface area contributed by atoms with E-state index in [1.54, 1.807) is 16.9 Å². The Morgan fingerprint density at radius 2 is 1.91 bits per heavy atom. The van der Waals surface area contributed by atoms with Crippen LogP contribution in [0.4, 0.5) is 14.5 Å². The van der Waals surface area contributed by atoms with Crippen LogP contribution in [0.5, 0.6) is 5.75 Å². The van der Waals surface area contributed by atoms with Gasteiger partial charge in [0, 0.05) is 31.2 Å². The highest BCUT2D eigenvalue weighted by Crippen LogP contribution is 2.26. The number of ether oxygens (including phenoxy) is 1. The van der Waals surface area contributed by atoms with Crippen molar-refractivity contribution in [3.63, 3.8) is 0 Å². The van der Waals surface area contributed by atoms with Crippen LogP contribution in [-0.4, -0.2) is 46.2 Å². The van der Waals surface area contributed by atoms with Gasteiger partial charge in [-0.15, -0.1) is 0 Å². The van der Waals surface area contributed by atoms with Gasteiger partial charge in [-0.1, -0.05) is 30.3 Å². The average Bonchev–Trinajstić information content (AvgIpc) is 3.33. The molecule has 7 nitrogen and oxygen atoms in total. The molecule has 1 unspecified atom stereocenters. The highest BCUT2D eigenvalue weighted by Gasteiger charge is 2.30. The predicted octanol–water partition coefficient (Wildman–Crippen LogP) is 4.02. The Morgan fingerprint density at radius 3 is 2.70 bits per heavy atom. The summed E-state index contributed by atoms with van der Waals surface area (Å²) in [6, 6.07) is 15.2. The first-order chi connectivity index (χ1) is 16.0. The van der Waals surface area contributed by atoms with Crippen LogP contribution in [0.1, 0.15) is 28.8 Å². The van der Waals surface area contributed by atoms with Crippen LogP contribution in [0, 0.1) is 5.92 Å². The minimum absolute atomic E-state index is 0.0587. The van der Waals surface area contributed by atoms with E-state index in [0.717, 1.165) is 5.56 Å². The molecule has 9 heteroatoms. The quantitative estimate of drug-likeness (QED) is 0.585. The predicted molar refractivity (Wildman–Crippen MR) is 118 cm³/mol. The van der Waals surface area contributed by atoms with Crippen LogP contribution < -0.4 is 10.1 Å². The molecule has 1 fully saturated rings. The van der Waals surface area contributed by atoms with Crippen LogP contribution in [0.2, 0.25) is 0 Å². The van der Waals surface area contributed by atoms with E-state index in [0.29, 0.717) is 31.6 Å². The van der Waals surface area contributed by atoms with Crippen molar-refractivity contribution in [1.29, 1.82) is 0 Å². The molecule has 1 atom stereocenters. The van der Waals surface area contributed by atoms with Gasteiger partial charge < -0.3 is 15.0 Å². The third kappa shape index (κ3) is 5.54. The molecule has 0 radical (unpaired) electrons. The molecule has 0 aliphatic carbocycles. The van der Waals surface area contributed by atoms with Crippen LogP contribution >= 0.6 is 0 Å². The number of alkyl halides is 2. The maximum Gasteiger partial charge on any atom is 0.387 e. The average molecular weight is 454 g/mol. The highest BCUT2D eigenvalue weighted by atomic mass is 19.3. The van der Waals surface area contributed by atoms with Crippen molar-refractivity contribution in [2.24, 2.45) is 5.92 Å². The monoisotopic (exact) mass is 454 g/mol. The van der Waals surface area contributed by atoms with Gasteiger partial charge in [0.05, 0.1) is 18.0 Å². The molecular weight excluding hydrogens is 430 g/mol. The number of rotatable bonds is 7. The molecule has 2 aromatic carbocycles. The van der Waals surface area contributed by atoms with Crippen molar-refractivity contribution in [2.75, 3.05) is 18.4 Å². The van der Waals surface area contributed by atoms with Gasteiger partial charge in [-0.3, -0.25) is 14.3 Å². The second kappa shape index (κ2) is 10.2. The number of amides is 2. The fourth-order valence-electron chi connectivity index (χ4n) is 3.97. The fourth-order valence-corrected chi connectivity index (χ4v) is 3.97. The van der Waals surface area contributed by atoms with Gasteiger partial charge in [0.2, 0.25) is 5.91 Å². The Morgan fingerprint density at radius 1 is 1.12 bits per heavy atom. The smallest absolute Gasteiger partial charge is 0.387 e. The van der Waals surface area contributed by atoms with Gasteiger partial charge >= 0.3 is 6.61 Å². The van der Waals surface area contributed by atoms with Crippen LogP contribution in [0.25, 0.3) is 0 Å². The Balaban J connectivity index is 1.44. The van der Waals surface area contributed by atoms with Gasteiger partial charge in [-0.2, -0.15) is 13.9 Å². The molecule has 1 N–H and O–H groups in total. The van der Waals surface area contributed by atoms with Crippen molar-refractivity contribution in [3.8, 4) is 5.75 Å². The molecule has 2 amide bonds. The summed E-state index contributed by atoms with van der Waals surface area (Å²) in [5.41, 5.74) is 1.66. The Labute approximate surface area is 190 Å². The van der Waals surface area contributed by atoms with E-state index in [-0.39, 0.29) is 23.8 Å². The Bertz CT molecular complexity index is 1100. The number of likely N-dealkylation sites (tertiary alicyclic amines) is 1. The lowest BCUT2D eigenvalue weighted by Crippen LogP contribution is -2.44. The molecule has 1 aromatic heterocycles. The molecule has 0 bridgehead atoms. The van der Waals surface area contributed by atoms with Crippen LogP contribution in [0.3, 0.4) is 0 Å². The first-order valence-corrected chi connectivity index (χ1v) is 10.7. The van der Waals surface area contributed by atoms with Gasteiger partial charge in [0.15, 0.2) is 0 Å². The first kappa shape index (κ1) is 22.4. The second-order valence-electron chi connectivity index (χ2n) is 7.82. The summed E-state index contributed by atoms with van der Waals surface area (Å²) in [7, 11) is 0. The van der Waals surface area contributed by atoms with E-state index in [1.165, 1.54) is 23.1 Å². The number of nitrogens with zero attached hydrogens (tertiary/aromatic N) is 3. The number of nitrogens with one attached hydrogen (secondary N) is 1. The van der Waals surface area contributed by atoms with Gasteiger partial charge in [0.25, 0.3) is 5.91 Å². The van der Waals surface area contributed by atoms with Crippen molar-refractivity contribution >= 4 is 17.5 Å². The molecule has 1 aliphatic heterocycles. The van der Waals surface area contributed by atoms with E-state index in [2.05, 4.69) is 15.2 Å². The summed E-state index contributed by atoms with van der Waals surface area (Å²) in [6.45, 7) is -1.86. The van der Waals surface area contributed by atoms with E-state index >= 15 is 0 Å². The lowest BCUT2D eigenvalue weighted by molar-refractivity contribution is -0.121. The molecule has 3 aromatic rings. The molecule has 0 spiro atoms. The topological polar surface area (TPSA) is 76.5 Å². The third-order valence-electron chi connectivity index (χ3n) is 5.58. The number of para-hydroxylation sites is 2. The number of carbonyl (C=O) groups excluding carboxylic acids is 2. The van der Waals surface area contributed by atoms with Crippen LogP contribution in [0.15, 0.2) is 67.0 Å². The Hall–Kier alpha value is -3.75. The molecule has 172 valence electrons. The van der Waals surface area contributed by atoms with Gasteiger partial charge in [-0.05, 0) is 42.7 Å². The van der Waals surface area contributed by atoms with Crippen molar-refractivity contribution in [1.82, 2.24) is 14.7 Å². The second-order valence-corrected chi connectivity index (χ2v) is 7.82. The zero-order chi connectivity index (χ0) is 23.2. The van der Waals surface area contributed by atoms with Gasteiger partial charge in [0.1, 0.15) is 5.75 Å². The lowest BCUT2D eigenvalue weighted by Gasteiger charge is -2.32. The van der Waals surface area contributed by atoms with Crippen molar-refractivity contribution in [2.45, 2.75) is 26.0 Å². The number of halogens is 2. The van der Waals surface area contributed by atoms with Gasteiger partial charge in [-0.25, -0.2) is 0 Å². The summed E-state index contributed by atoms with van der Waals surface area (Å²) >= 11 is 0.